The largest absolute Gasteiger partial charge is 0.270 e. The number of nitrogens with zero attached hydrogens (tertiary/aromatic N) is 2. The molecule has 2 aromatic carbocycles. The summed E-state index contributed by atoms with van der Waals surface area (Å²) in [4.78, 5) is 20.8. The van der Waals surface area contributed by atoms with Crippen LogP contribution in [-0.2, 0) is 0 Å². The lowest BCUT2D eigenvalue weighted by molar-refractivity contribution is -0.385. The fourth-order valence-electron chi connectivity index (χ4n) is 2.07. The van der Waals surface area contributed by atoms with Gasteiger partial charge in [0.1, 0.15) is 0 Å². The van der Waals surface area contributed by atoms with Crippen LogP contribution in [0, 0.1) is 34.1 Å². The van der Waals surface area contributed by atoms with Crippen LogP contribution in [0.1, 0.15) is 11.1 Å². The van der Waals surface area contributed by atoms with E-state index in [9.17, 15) is 20.2 Å². The number of nitro benzene ring substituents is 2. The van der Waals surface area contributed by atoms with Crippen molar-refractivity contribution >= 4 is 11.4 Å². The Hall–Kier alpha value is -2.76. The molecule has 0 unspecified atom stereocenters. The Kier molecular flexibility index (Phi) is 3.47. The second-order valence-electron chi connectivity index (χ2n) is 4.63. The molecule has 0 amide bonds. The van der Waals surface area contributed by atoms with Crippen molar-refractivity contribution in [1.82, 2.24) is 0 Å². The zero-order chi connectivity index (χ0) is 14.9. The van der Waals surface area contributed by atoms with E-state index in [1.165, 1.54) is 24.3 Å². The Morgan fingerprint density at radius 3 is 1.35 bits per heavy atom. The van der Waals surface area contributed by atoms with E-state index in [1.807, 2.05) is 0 Å². The molecule has 6 nitrogen and oxygen atoms in total. The number of non-ortho nitro benzene ring substituents is 2. The summed E-state index contributed by atoms with van der Waals surface area (Å²) in [5.41, 5.74) is 2.62. The van der Waals surface area contributed by atoms with Crippen LogP contribution in [-0.4, -0.2) is 9.85 Å². The molecule has 0 bridgehead atoms. The van der Waals surface area contributed by atoms with Crippen LogP contribution in [0.5, 0.6) is 0 Å². The standard InChI is InChI=1S/C14H12N2O4/c1-9-3-11(7-13(5-9)15(17)18)12-4-10(2)6-14(8-12)16(19)20/h3-8H,1-2H3. The first-order chi connectivity index (χ1) is 9.36. The van der Waals surface area contributed by atoms with Crippen LogP contribution in [0.4, 0.5) is 11.4 Å². The number of rotatable bonds is 3. The molecule has 0 aliphatic rings. The van der Waals surface area contributed by atoms with Crippen molar-refractivity contribution in [2.45, 2.75) is 13.8 Å². The van der Waals surface area contributed by atoms with Crippen molar-refractivity contribution in [3.8, 4) is 11.1 Å². The molecular weight excluding hydrogens is 260 g/mol. The molecule has 0 aliphatic heterocycles. The molecule has 0 aliphatic carbocycles. The van der Waals surface area contributed by atoms with E-state index < -0.39 is 9.85 Å². The first kappa shape index (κ1) is 13.7. The number of nitro groups is 2. The molecule has 102 valence electrons. The minimum Gasteiger partial charge on any atom is -0.258 e. The van der Waals surface area contributed by atoms with Gasteiger partial charge in [0.2, 0.25) is 0 Å². The number of aryl methyl sites for hydroxylation is 2. The normalized spacial score (nSPS) is 10.3. The molecule has 0 saturated carbocycles. The Balaban J connectivity index is 2.62. The number of benzene rings is 2. The van der Waals surface area contributed by atoms with Crippen molar-refractivity contribution in [3.63, 3.8) is 0 Å². The lowest BCUT2D eigenvalue weighted by Gasteiger charge is -2.05. The number of hydrogen-bond donors (Lipinski definition) is 0. The van der Waals surface area contributed by atoms with Gasteiger partial charge < -0.3 is 0 Å². The van der Waals surface area contributed by atoms with Gasteiger partial charge in [-0.3, -0.25) is 20.2 Å². The van der Waals surface area contributed by atoms with Crippen LogP contribution in [0.3, 0.4) is 0 Å². The van der Waals surface area contributed by atoms with Gasteiger partial charge in [0, 0.05) is 24.3 Å². The number of hydrogen-bond acceptors (Lipinski definition) is 4. The van der Waals surface area contributed by atoms with Gasteiger partial charge in [-0.05, 0) is 36.1 Å². The van der Waals surface area contributed by atoms with Gasteiger partial charge in [-0.25, -0.2) is 0 Å². The van der Waals surface area contributed by atoms with Crippen molar-refractivity contribution in [2.24, 2.45) is 0 Å². The predicted octanol–water partition coefficient (Wildman–Crippen LogP) is 3.79. The SMILES string of the molecule is Cc1cc(-c2cc(C)cc([N+](=O)[O-])c2)cc([N+](=O)[O-])c1. The van der Waals surface area contributed by atoms with Crippen LogP contribution in [0.25, 0.3) is 11.1 Å². The highest BCUT2D eigenvalue weighted by molar-refractivity contribution is 5.70. The summed E-state index contributed by atoms with van der Waals surface area (Å²) in [6.07, 6.45) is 0. The average Bonchev–Trinajstić information content (AvgIpc) is 2.37. The van der Waals surface area contributed by atoms with E-state index in [1.54, 1.807) is 26.0 Å². The fourth-order valence-corrected chi connectivity index (χ4v) is 2.07. The quantitative estimate of drug-likeness (QED) is 0.628. The van der Waals surface area contributed by atoms with Crippen LogP contribution < -0.4 is 0 Å². The van der Waals surface area contributed by atoms with Gasteiger partial charge in [0.15, 0.2) is 0 Å². The zero-order valence-corrected chi connectivity index (χ0v) is 11.0. The summed E-state index contributed by atoms with van der Waals surface area (Å²) < 4.78 is 0. The first-order valence-corrected chi connectivity index (χ1v) is 5.89. The van der Waals surface area contributed by atoms with Gasteiger partial charge in [-0.2, -0.15) is 0 Å². The molecule has 0 atom stereocenters. The molecule has 6 heteroatoms. The van der Waals surface area contributed by atoms with Gasteiger partial charge in [0.05, 0.1) is 9.85 Å². The highest BCUT2D eigenvalue weighted by atomic mass is 16.6. The van der Waals surface area contributed by atoms with Gasteiger partial charge >= 0.3 is 0 Å². The van der Waals surface area contributed by atoms with Gasteiger partial charge in [-0.1, -0.05) is 12.1 Å². The summed E-state index contributed by atoms with van der Waals surface area (Å²) in [7, 11) is 0. The van der Waals surface area contributed by atoms with Crippen LogP contribution in [0.2, 0.25) is 0 Å². The molecule has 2 aromatic rings. The van der Waals surface area contributed by atoms with E-state index >= 15 is 0 Å². The molecule has 0 radical (unpaired) electrons. The molecule has 0 spiro atoms. The highest BCUT2D eigenvalue weighted by Gasteiger charge is 2.13. The minimum atomic E-state index is -0.472. The van der Waals surface area contributed by atoms with Crippen molar-refractivity contribution in [1.29, 1.82) is 0 Å². The topological polar surface area (TPSA) is 86.3 Å². The lowest BCUT2D eigenvalue weighted by Crippen LogP contribution is -1.92. The Morgan fingerprint density at radius 2 is 1.05 bits per heavy atom. The van der Waals surface area contributed by atoms with Gasteiger partial charge in [-0.15, -0.1) is 0 Å². The minimum absolute atomic E-state index is 0.0239. The molecule has 0 fully saturated rings. The summed E-state index contributed by atoms with van der Waals surface area (Å²) in [6.45, 7) is 3.50. The van der Waals surface area contributed by atoms with E-state index in [0.29, 0.717) is 11.1 Å². The average molecular weight is 272 g/mol. The maximum Gasteiger partial charge on any atom is 0.270 e. The summed E-state index contributed by atoms with van der Waals surface area (Å²) in [5, 5.41) is 21.8. The van der Waals surface area contributed by atoms with E-state index in [4.69, 9.17) is 0 Å². The maximum absolute atomic E-state index is 10.9. The third kappa shape index (κ3) is 2.80. The van der Waals surface area contributed by atoms with Crippen molar-refractivity contribution in [3.05, 3.63) is 67.8 Å². The second kappa shape index (κ2) is 5.08. The first-order valence-electron chi connectivity index (χ1n) is 5.89. The molecule has 20 heavy (non-hydrogen) atoms. The second-order valence-corrected chi connectivity index (χ2v) is 4.63. The fraction of sp³-hybridized carbons (Fsp3) is 0.143. The molecule has 2 rings (SSSR count). The third-order valence-electron chi connectivity index (χ3n) is 2.88. The monoisotopic (exact) mass is 272 g/mol. The summed E-state index contributed by atoms with van der Waals surface area (Å²) in [6, 6.07) is 9.31. The molecule has 0 saturated heterocycles. The third-order valence-corrected chi connectivity index (χ3v) is 2.88. The van der Waals surface area contributed by atoms with Crippen LogP contribution in [0.15, 0.2) is 36.4 Å². The zero-order valence-electron chi connectivity index (χ0n) is 11.0. The molecule has 0 heterocycles. The maximum atomic E-state index is 10.9. The predicted molar refractivity (Wildman–Crippen MR) is 74.7 cm³/mol. The highest BCUT2D eigenvalue weighted by Crippen LogP contribution is 2.29. The summed E-state index contributed by atoms with van der Waals surface area (Å²) in [5.74, 6) is 0. The Bertz CT molecular complexity index is 649. The Morgan fingerprint density at radius 1 is 0.700 bits per heavy atom. The molecular formula is C14H12N2O4. The van der Waals surface area contributed by atoms with E-state index in [-0.39, 0.29) is 11.4 Å². The molecule has 0 aromatic heterocycles. The Labute approximate surface area is 115 Å². The molecule has 0 N–H and O–H groups in total. The van der Waals surface area contributed by atoms with Gasteiger partial charge in [0.25, 0.3) is 11.4 Å². The lowest BCUT2D eigenvalue weighted by atomic mass is 10.00. The smallest absolute Gasteiger partial charge is 0.258 e. The summed E-state index contributed by atoms with van der Waals surface area (Å²) >= 11 is 0. The van der Waals surface area contributed by atoms with E-state index in [2.05, 4.69) is 0 Å². The van der Waals surface area contributed by atoms with Crippen molar-refractivity contribution in [2.75, 3.05) is 0 Å². The van der Waals surface area contributed by atoms with Crippen molar-refractivity contribution < 1.29 is 9.85 Å². The van der Waals surface area contributed by atoms with Crippen LogP contribution >= 0.6 is 0 Å². The van der Waals surface area contributed by atoms with E-state index in [0.717, 1.165) is 11.1 Å².